The summed E-state index contributed by atoms with van der Waals surface area (Å²) in [7, 11) is 0. The number of carboxylic acids is 1. The van der Waals surface area contributed by atoms with Crippen molar-refractivity contribution in [3.63, 3.8) is 0 Å². The number of nitrogens with zero attached hydrogens (tertiary/aromatic N) is 1. The molecule has 4 nitrogen and oxygen atoms in total. The fourth-order valence-corrected chi connectivity index (χ4v) is 4.69. The molecule has 1 saturated heterocycles. The van der Waals surface area contributed by atoms with Crippen molar-refractivity contribution in [2.24, 2.45) is 5.92 Å². The predicted molar refractivity (Wildman–Crippen MR) is 103 cm³/mol. The number of aliphatic carboxylic acids is 1. The smallest absolute Gasteiger partial charge is 0.307 e. The van der Waals surface area contributed by atoms with Crippen LogP contribution in [0.2, 0.25) is 0 Å². The summed E-state index contributed by atoms with van der Waals surface area (Å²) in [5.41, 5.74) is 1.09. The third kappa shape index (κ3) is 4.25. The SMILES string of the molecule is CCOc1ccc(Br)cc1C(c1cccs1)N1CCCC(C(=O)O)C1. The van der Waals surface area contributed by atoms with Crippen molar-refractivity contribution in [3.8, 4) is 5.75 Å². The molecule has 1 fully saturated rings. The minimum absolute atomic E-state index is 0.0150. The molecule has 0 spiro atoms. The van der Waals surface area contributed by atoms with E-state index in [0.29, 0.717) is 13.2 Å². The molecule has 25 heavy (non-hydrogen) atoms. The van der Waals surface area contributed by atoms with Crippen LogP contribution in [0.5, 0.6) is 5.75 Å². The number of hydrogen-bond acceptors (Lipinski definition) is 4. The Bertz CT molecular complexity index is 719. The van der Waals surface area contributed by atoms with Crippen molar-refractivity contribution in [2.45, 2.75) is 25.8 Å². The van der Waals surface area contributed by atoms with E-state index in [0.717, 1.165) is 35.2 Å². The van der Waals surface area contributed by atoms with Crippen molar-refractivity contribution >= 4 is 33.2 Å². The molecule has 0 bridgehead atoms. The van der Waals surface area contributed by atoms with Crippen LogP contribution in [0.1, 0.15) is 36.2 Å². The van der Waals surface area contributed by atoms with Gasteiger partial charge in [-0.2, -0.15) is 0 Å². The molecule has 2 aromatic rings. The van der Waals surface area contributed by atoms with Gasteiger partial charge in [0.2, 0.25) is 0 Å². The maximum absolute atomic E-state index is 11.5. The number of ether oxygens (including phenoxy) is 1. The molecule has 0 saturated carbocycles. The zero-order chi connectivity index (χ0) is 17.8. The van der Waals surface area contributed by atoms with Gasteiger partial charge in [-0.25, -0.2) is 0 Å². The molecule has 6 heteroatoms. The topological polar surface area (TPSA) is 49.8 Å². The Balaban J connectivity index is 2.02. The number of likely N-dealkylation sites (tertiary alicyclic amines) is 1. The van der Waals surface area contributed by atoms with E-state index in [4.69, 9.17) is 4.74 Å². The highest BCUT2D eigenvalue weighted by atomic mass is 79.9. The Hall–Kier alpha value is -1.37. The fraction of sp³-hybridized carbons (Fsp3) is 0.421. The van der Waals surface area contributed by atoms with Crippen molar-refractivity contribution < 1.29 is 14.6 Å². The number of rotatable bonds is 6. The molecule has 1 aromatic heterocycles. The lowest BCUT2D eigenvalue weighted by atomic mass is 9.94. The number of thiophene rings is 1. The monoisotopic (exact) mass is 423 g/mol. The van der Waals surface area contributed by atoms with Gasteiger partial charge in [0.15, 0.2) is 0 Å². The van der Waals surface area contributed by atoms with Gasteiger partial charge in [0.1, 0.15) is 5.75 Å². The molecule has 1 N–H and O–H groups in total. The second-order valence-electron chi connectivity index (χ2n) is 6.21. The molecule has 1 aromatic carbocycles. The van der Waals surface area contributed by atoms with E-state index in [1.54, 1.807) is 11.3 Å². The van der Waals surface area contributed by atoms with Gasteiger partial charge < -0.3 is 9.84 Å². The Morgan fingerprint density at radius 1 is 1.48 bits per heavy atom. The first-order valence-electron chi connectivity index (χ1n) is 8.52. The lowest BCUT2D eigenvalue weighted by Crippen LogP contribution is -2.41. The highest BCUT2D eigenvalue weighted by molar-refractivity contribution is 9.10. The minimum Gasteiger partial charge on any atom is -0.494 e. The Morgan fingerprint density at radius 3 is 3.00 bits per heavy atom. The molecule has 0 amide bonds. The summed E-state index contributed by atoms with van der Waals surface area (Å²) in [6.45, 7) is 4.04. The summed E-state index contributed by atoms with van der Waals surface area (Å²) >= 11 is 5.28. The summed E-state index contributed by atoms with van der Waals surface area (Å²) in [5.74, 6) is -0.144. The number of benzene rings is 1. The van der Waals surface area contributed by atoms with Crippen molar-refractivity contribution in [3.05, 3.63) is 50.6 Å². The lowest BCUT2D eigenvalue weighted by Gasteiger charge is -2.37. The zero-order valence-corrected chi connectivity index (χ0v) is 16.6. The Labute approximate surface area is 160 Å². The average Bonchev–Trinajstić information content (AvgIpc) is 3.12. The van der Waals surface area contributed by atoms with Crippen molar-refractivity contribution in [1.82, 2.24) is 4.90 Å². The first kappa shape index (κ1) is 18.4. The molecule has 2 atom stereocenters. The molecular formula is C19H22BrNO3S. The van der Waals surface area contributed by atoms with E-state index in [-0.39, 0.29) is 12.0 Å². The fourth-order valence-electron chi connectivity index (χ4n) is 3.44. The van der Waals surface area contributed by atoms with Crippen molar-refractivity contribution in [2.75, 3.05) is 19.7 Å². The summed E-state index contributed by atoms with van der Waals surface area (Å²) in [4.78, 5) is 15.0. The maximum atomic E-state index is 11.5. The lowest BCUT2D eigenvalue weighted by molar-refractivity contribution is -0.143. The quantitative estimate of drug-likeness (QED) is 0.724. The van der Waals surface area contributed by atoms with Crippen LogP contribution in [0.25, 0.3) is 0 Å². The molecule has 0 radical (unpaired) electrons. The van der Waals surface area contributed by atoms with E-state index in [9.17, 15) is 9.90 Å². The maximum Gasteiger partial charge on any atom is 0.307 e. The van der Waals surface area contributed by atoms with Crippen LogP contribution < -0.4 is 4.74 Å². The first-order chi connectivity index (χ1) is 12.1. The second kappa shape index (κ2) is 8.34. The number of piperidine rings is 1. The molecule has 1 aliphatic heterocycles. The van der Waals surface area contributed by atoms with Gasteiger partial charge in [0, 0.05) is 21.5 Å². The molecule has 2 unspecified atom stereocenters. The average molecular weight is 424 g/mol. The Kier molecular flexibility index (Phi) is 6.15. The van der Waals surface area contributed by atoms with E-state index >= 15 is 0 Å². The highest BCUT2D eigenvalue weighted by Gasteiger charge is 2.33. The van der Waals surface area contributed by atoms with Crippen LogP contribution in [0.4, 0.5) is 0 Å². The number of halogens is 1. The summed E-state index contributed by atoms with van der Waals surface area (Å²) in [5, 5.41) is 11.5. The molecule has 1 aliphatic rings. The largest absolute Gasteiger partial charge is 0.494 e. The number of carboxylic acid groups (broad SMARTS) is 1. The van der Waals surface area contributed by atoms with Gasteiger partial charge in [0.25, 0.3) is 0 Å². The third-order valence-corrected chi connectivity index (χ3v) is 5.96. The molecule has 134 valence electrons. The van der Waals surface area contributed by atoms with E-state index in [1.807, 2.05) is 25.1 Å². The van der Waals surface area contributed by atoms with Crippen LogP contribution >= 0.6 is 27.3 Å². The minimum atomic E-state index is -0.700. The van der Waals surface area contributed by atoms with E-state index < -0.39 is 5.97 Å². The normalized spacial score (nSPS) is 19.5. The van der Waals surface area contributed by atoms with Crippen LogP contribution in [-0.2, 0) is 4.79 Å². The van der Waals surface area contributed by atoms with Gasteiger partial charge in [-0.15, -0.1) is 11.3 Å². The zero-order valence-electron chi connectivity index (χ0n) is 14.2. The van der Waals surface area contributed by atoms with Crippen molar-refractivity contribution in [1.29, 1.82) is 0 Å². The van der Waals surface area contributed by atoms with Crippen LogP contribution in [-0.4, -0.2) is 35.7 Å². The second-order valence-corrected chi connectivity index (χ2v) is 8.10. The summed E-state index contributed by atoms with van der Waals surface area (Å²) < 4.78 is 6.88. The van der Waals surface area contributed by atoms with Gasteiger partial charge in [-0.1, -0.05) is 22.0 Å². The number of carbonyl (C=O) groups is 1. The highest BCUT2D eigenvalue weighted by Crippen LogP contribution is 2.40. The molecular weight excluding hydrogens is 402 g/mol. The van der Waals surface area contributed by atoms with Crippen LogP contribution in [0.3, 0.4) is 0 Å². The van der Waals surface area contributed by atoms with Gasteiger partial charge in [0.05, 0.1) is 18.6 Å². The molecule has 3 rings (SSSR count). The molecule has 2 heterocycles. The van der Waals surface area contributed by atoms with Crippen LogP contribution in [0, 0.1) is 5.92 Å². The number of hydrogen-bond donors (Lipinski definition) is 1. The van der Waals surface area contributed by atoms with Gasteiger partial charge in [-0.05, 0) is 56.0 Å². The first-order valence-corrected chi connectivity index (χ1v) is 10.2. The third-order valence-electron chi connectivity index (χ3n) is 4.55. The van der Waals surface area contributed by atoms with Gasteiger partial charge >= 0.3 is 5.97 Å². The van der Waals surface area contributed by atoms with E-state index in [2.05, 4.69) is 38.3 Å². The molecule has 0 aliphatic carbocycles. The summed E-state index contributed by atoms with van der Waals surface area (Å²) in [6, 6.07) is 10.2. The Morgan fingerprint density at radius 2 is 2.32 bits per heavy atom. The van der Waals surface area contributed by atoms with Crippen LogP contribution in [0.15, 0.2) is 40.2 Å². The predicted octanol–water partition coefficient (Wildman–Crippen LogP) is 4.80. The van der Waals surface area contributed by atoms with Gasteiger partial charge in [-0.3, -0.25) is 9.69 Å². The summed E-state index contributed by atoms with van der Waals surface area (Å²) in [6.07, 6.45) is 1.65. The standard InChI is InChI=1S/C19H22BrNO3S/c1-2-24-16-8-7-14(20)11-15(16)18(17-6-4-10-25-17)21-9-3-5-13(12-21)19(22)23/h4,6-8,10-11,13,18H,2-3,5,9,12H2,1H3,(H,22,23). The van der Waals surface area contributed by atoms with E-state index in [1.165, 1.54) is 4.88 Å².